The fourth-order valence-corrected chi connectivity index (χ4v) is 3.13. The molecule has 0 aliphatic rings. The highest BCUT2D eigenvalue weighted by molar-refractivity contribution is 7.89. The van der Waals surface area contributed by atoms with E-state index in [1.165, 1.54) is 6.92 Å². The third-order valence-electron chi connectivity index (χ3n) is 2.56. The molecular formula is C11H15FN4O4S. The zero-order valence-electron chi connectivity index (χ0n) is 11.2. The Morgan fingerprint density at radius 3 is 2.05 bits per heavy atom. The van der Waals surface area contributed by atoms with E-state index in [2.05, 4.69) is 0 Å². The van der Waals surface area contributed by atoms with Crippen molar-refractivity contribution in [2.24, 2.45) is 11.5 Å². The predicted molar refractivity (Wildman–Crippen MR) is 72.7 cm³/mol. The first-order chi connectivity index (χ1) is 9.55. The monoisotopic (exact) mass is 318 g/mol. The van der Waals surface area contributed by atoms with Crippen LogP contribution >= 0.6 is 0 Å². The van der Waals surface area contributed by atoms with Gasteiger partial charge in [0.05, 0.1) is 23.7 Å². The Bertz CT molecular complexity index is 650. The normalized spacial score (nSPS) is 11.6. The van der Waals surface area contributed by atoms with Gasteiger partial charge >= 0.3 is 0 Å². The molecule has 116 valence electrons. The Morgan fingerprint density at radius 2 is 1.67 bits per heavy atom. The van der Waals surface area contributed by atoms with Crippen molar-refractivity contribution in [3.05, 3.63) is 23.5 Å². The summed E-state index contributed by atoms with van der Waals surface area (Å²) in [5, 5.41) is 0. The molecule has 2 amide bonds. The highest BCUT2D eigenvalue weighted by Crippen LogP contribution is 2.23. The Morgan fingerprint density at radius 1 is 1.19 bits per heavy atom. The molecule has 0 unspecified atom stereocenters. The third kappa shape index (κ3) is 3.89. The highest BCUT2D eigenvalue weighted by atomic mass is 32.2. The second-order valence-corrected chi connectivity index (χ2v) is 6.29. The standard InChI is InChI=1S/C11H15FN4O4S/c1-6-2-7(3-8(13)11(6)12)21(19,20)16(4-9(14)17)5-10(15)18/h2-3H,4-5,13H2,1H3,(H2,14,17)(H2,15,18). The van der Waals surface area contributed by atoms with Crippen molar-refractivity contribution in [3.63, 3.8) is 0 Å². The lowest BCUT2D eigenvalue weighted by molar-refractivity contribution is -0.120. The number of primary amides is 2. The largest absolute Gasteiger partial charge is 0.396 e. The molecule has 21 heavy (non-hydrogen) atoms. The van der Waals surface area contributed by atoms with Gasteiger partial charge in [-0.25, -0.2) is 12.8 Å². The molecule has 0 aliphatic heterocycles. The Kier molecular flexibility index (Phi) is 4.86. The number of sulfonamides is 1. The number of nitrogen functional groups attached to an aromatic ring is 1. The molecule has 1 aromatic carbocycles. The number of nitrogens with two attached hydrogens (primary N) is 3. The maximum absolute atomic E-state index is 13.4. The molecule has 0 bridgehead atoms. The number of benzene rings is 1. The van der Waals surface area contributed by atoms with E-state index in [4.69, 9.17) is 17.2 Å². The lowest BCUT2D eigenvalue weighted by Gasteiger charge is -2.19. The van der Waals surface area contributed by atoms with Gasteiger partial charge in [0.25, 0.3) is 0 Å². The van der Waals surface area contributed by atoms with Crippen molar-refractivity contribution < 1.29 is 22.4 Å². The minimum absolute atomic E-state index is 0.00618. The van der Waals surface area contributed by atoms with E-state index in [0.717, 1.165) is 12.1 Å². The van der Waals surface area contributed by atoms with E-state index >= 15 is 0 Å². The summed E-state index contributed by atoms with van der Waals surface area (Å²) < 4.78 is 38.6. The lowest BCUT2D eigenvalue weighted by Crippen LogP contribution is -2.43. The molecule has 0 aliphatic carbocycles. The van der Waals surface area contributed by atoms with Gasteiger partial charge in [0.15, 0.2) is 0 Å². The average molecular weight is 318 g/mol. The lowest BCUT2D eigenvalue weighted by atomic mass is 10.2. The van der Waals surface area contributed by atoms with Gasteiger partial charge in [-0.2, -0.15) is 4.31 Å². The van der Waals surface area contributed by atoms with Crippen molar-refractivity contribution in [2.45, 2.75) is 11.8 Å². The topological polar surface area (TPSA) is 150 Å². The maximum atomic E-state index is 13.4. The average Bonchev–Trinajstić information content (AvgIpc) is 2.33. The van der Waals surface area contributed by atoms with Crippen molar-refractivity contribution >= 4 is 27.5 Å². The van der Waals surface area contributed by atoms with Crippen LogP contribution < -0.4 is 17.2 Å². The van der Waals surface area contributed by atoms with Crippen LogP contribution in [0.25, 0.3) is 0 Å². The van der Waals surface area contributed by atoms with Gasteiger partial charge in [-0.05, 0) is 24.6 Å². The van der Waals surface area contributed by atoms with Gasteiger partial charge in [0.2, 0.25) is 21.8 Å². The van der Waals surface area contributed by atoms with Crippen LogP contribution in [0, 0.1) is 12.7 Å². The van der Waals surface area contributed by atoms with Crippen LogP contribution in [-0.4, -0.2) is 37.6 Å². The van der Waals surface area contributed by atoms with E-state index < -0.39 is 40.7 Å². The molecule has 1 aromatic rings. The molecule has 0 aromatic heterocycles. The fraction of sp³-hybridized carbons (Fsp3) is 0.273. The molecular weight excluding hydrogens is 303 g/mol. The van der Waals surface area contributed by atoms with Gasteiger partial charge < -0.3 is 17.2 Å². The molecule has 0 radical (unpaired) electrons. The second-order valence-electron chi connectivity index (χ2n) is 4.35. The van der Waals surface area contributed by atoms with E-state index in [1.807, 2.05) is 0 Å². The molecule has 0 fully saturated rings. The molecule has 0 spiro atoms. The van der Waals surface area contributed by atoms with Crippen molar-refractivity contribution in [1.29, 1.82) is 0 Å². The summed E-state index contributed by atoms with van der Waals surface area (Å²) in [4.78, 5) is 21.5. The van der Waals surface area contributed by atoms with Crippen LogP contribution in [0.1, 0.15) is 5.56 Å². The number of aryl methyl sites for hydroxylation is 1. The smallest absolute Gasteiger partial charge is 0.244 e. The van der Waals surface area contributed by atoms with Gasteiger partial charge in [0.1, 0.15) is 5.82 Å². The van der Waals surface area contributed by atoms with Crippen LogP contribution in [0.3, 0.4) is 0 Å². The molecule has 0 saturated heterocycles. The first-order valence-electron chi connectivity index (χ1n) is 5.68. The number of carbonyl (C=O) groups excluding carboxylic acids is 2. The number of amides is 2. The van der Waals surface area contributed by atoms with Crippen LogP contribution in [-0.2, 0) is 19.6 Å². The zero-order chi connectivity index (χ0) is 16.4. The first-order valence-corrected chi connectivity index (χ1v) is 7.12. The summed E-state index contributed by atoms with van der Waals surface area (Å²) in [5.74, 6) is -2.68. The van der Waals surface area contributed by atoms with Crippen molar-refractivity contribution in [1.82, 2.24) is 4.31 Å². The summed E-state index contributed by atoms with van der Waals surface area (Å²) >= 11 is 0. The van der Waals surface area contributed by atoms with Crippen LogP contribution in [0.5, 0.6) is 0 Å². The summed E-state index contributed by atoms with van der Waals surface area (Å²) in [6.07, 6.45) is 0. The Balaban J connectivity index is 3.34. The number of hydrogen-bond acceptors (Lipinski definition) is 5. The summed E-state index contributed by atoms with van der Waals surface area (Å²) in [5.41, 5.74) is 14.9. The molecule has 0 heterocycles. The van der Waals surface area contributed by atoms with Crippen molar-refractivity contribution in [2.75, 3.05) is 18.8 Å². The molecule has 8 nitrogen and oxygen atoms in total. The molecule has 6 N–H and O–H groups in total. The van der Waals surface area contributed by atoms with Gasteiger partial charge in [-0.1, -0.05) is 0 Å². The van der Waals surface area contributed by atoms with E-state index in [0.29, 0.717) is 4.31 Å². The number of nitrogens with zero attached hydrogens (tertiary/aromatic N) is 1. The number of rotatable bonds is 6. The van der Waals surface area contributed by atoms with Crippen molar-refractivity contribution in [3.8, 4) is 0 Å². The summed E-state index contributed by atoms with van der Waals surface area (Å²) in [6, 6.07) is 1.93. The quantitative estimate of drug-likeness (QED) is 0.556. The van der Waals surface area contributed by atoms with Crippen LogP contribution in [0.4, 0.5) is 10.1 Å². The van der Waals surface area contributed by atoms with E-state index in [9.17, 15) is 22.4 Å². The van der Waals surface area contributed by atoms with E-state index in [1.54, 1.807) is 0 Å². The second kappa shape index (κ2) is 6.06. The minimum Gasteiger partial charge on any atom is -0.396 e. The number of halogens is 1. The summed E-state index contributed by atoms with van der Waals surface area (Å²) in [7, 11) is -4.27. The highest BCUT2D eigenvalue weighted by Gasteiger charge is 2.28. The molecule has 10 heteroatoms. The maximum Gasteiger partial charge on any atom is 0.244 e. The van der Waals surface area contributed by atoms with Crippen LogP contribution in [0.2, 0.25) is 0 Å². The number of carbonyl (C=O) groups is 2. The van der Waals surface area contributed by atoms with Gasteiger partial charge in [0, 0.05) is 0 Å². The molecule has 1 rings (SSSR count). The number of anilines is 1. The summed E-state index contributed by atoms with van der Waals surface area (Å²) in [6.45, 7) is -0.138. The SMILES string of the molecule is Cc1cc(S(=O)(=O)N(CC(N)=O)CC(N)=O)cc(N)c1F. The van der Waals surface area contributed by atoms with Gasteiger partial charge in [-0.3, -0.25) is 9.59 Å². The van der Waals surface area contributed by atoms with Crippen LogP contribution in [0.15, 0.2) is 17.0 Å². The fourth-order valence-electron chi connectivity index (χ4n) is 1.63. The first kappa shape index (κ1) is 16.9. The molecule has 0 saturated carbocycles. The zero-order valence-corrected chi connectivity index (χ0v) is 12.0. The Hall–Kier alpha value is -2.20. The Labute approximate surface area is 120 Å². The van der Waals surface area contributed by atoms with Gasteiger partial charge in [-0.15, -0.1) is 0 Å². The molecule has 0 atom stereocenters. The third-order valence-corrected chi connectivity index (χ3v) is 4.33. The van der Waals surface area contributed by atoms with E-state index in [-0.39, 0.29) is 16.1 Å². The minimum atomic E-state index is -4.27. The predicted octanol–water partition coefficient (Wildman–Crippen LogP) is -1.32. The number of hydrogen-bond donors (Lipinski definition) is 3.